The van der Waals surface area contributed by atoms with Gasteiger partial charge in [-0.3, -0.25) is 9.69 Å². The van der Waals surface area contributed by atoms with Crippen molar-refractivity contribution in [2.45, 2.75) is 51.7 Å². The molecule has 2 fully saturated rings. The van der Waals surface area contributed by atoms with Gasteiger partial charge >= 0.3 is 12.0 Å². The average Bonchev–Trinajstić information content (AvgIpc) is 3.55. The van der Waals surface area contributed by atoms with Gasteiger partial charge in [-0.15, -0.1) is 0 Å². The molecule has 186 valence electrons. The van der Waals surface area contributed by atoms with Crippen LogP contribution < -0.4 is 16.0 Å². The summed E-state index contributed by atoms with van der Waals surface area (Å²) in [5, 5.41) is 2.79. The molecule has 4 rings (SSSR count). The van der Waals surface area contributed by atoms with Gasteiger partial charge in [0, 0.05) is 31.0 Å². The van der Waals surface area contributed by atoms with Gasteiger partial charge in [0.2, 0.25) is 5.91 Å². The average molecular weight is 479 g/mol. The summed E-state index contributed by atoms with van der Waals surface area (Å²) in [5.74, 6) is -0.0527. The zero-order valence-corrected chi connectivity index (χ0v) is 20.6. The fourth-order valence-corrected chi connectivity index (χ4v) is 4.02. The van der Waals surface area contributed by atoms with Crippen molar-refractivity contribution in [1.29, 1.82) is 0 Å². The van der Waals surface area contributed by atoms with Crippen molar-refractivity contribution in [3.63, 3.8) is 0 Å². The highest BCUT2D eigenvalue weighted by Crippen LogP contribution is 2.31. The maximum atomic E-state index is 12.7. The summed E-state index contributed by atoms with van der Waals surface area (Å²) in [7, 11) is 0. The molecule has 1 aliphatic carbocycles. The van der Waals surface area contributed by atoms with Gasteiger partial charge in [-0.25, -0.2) is 9.59 Å². The summed E-state index contributed by atoms with van der Waals surface area (Å²) in [4.78, 5) is 41.1. The zero-order chi connectivity index (χ0) is 25.2. The molecule has 8 heteroatoms. The molecule has 3 amide bonds. The van der Waals surface area contributed by atoms with Crippen LogP contribution in [-0.2, 0) is 16.0 Å². The highest BCUT2D eigenvalue weighted by molar-refractivity contribution is 5.96. The lowest BCUT2D eigenvalue weighted by atomic mass is 10.1. The third kappa shape index (κ3) is 6.60. The van der Waals surface area contributed by atoms with Gasteiger partial charge in [0.25, 0.3) is 0 Å². The van der Waals surface area contributed by atoms with Gasteiger partial charge < -0.3 is 20.7 Å². The Morgan fingerprint density at radius 1 is 1.06 bits per heavy atom. The van der Waals surface area contributed by atoms with Crippen LogP contribution in [0.25, 0.3) is 0 Å². The van der Waals surface area contributed by atoms with E-state index in [4.69, 9.17) is 10.5 Å². The van der Waals surface area contributed by atoms with Gasteiger partial charge in [0.15, 0.2) is 0 Å². The van der Waals surface area contributed by atoms with E-state index in [1.165, 1.54) is 12.8 Å². The lowest BCUT2D eigenvalue weighted by Crippen LogP contribution is -2.37. The van der Waals surface area contributed by atoms with E-state index in [2.05, 4.69) is 5.32 Å². The first-order valence-electron chi connectivity index (χ1n) is 12.1. The molecule has 35 heavy (non-hydrogen) atoms. The summed E-state index contributed by atoms with van der Waals surface area (Å²) in [6, 6.07) is 13.5. The third-order valence-electron chi connectivity index (χ3n) is 6.10. The molecule has 1 saturated carbocycles. The Hall–Kier alpha value is -3.39. The van der Waals surface area contributed by atoms with E-state index in [0.717, 1.165) is 24.3 Å². The molecule has 1 atom stereocenters. The molecule has 2 aromatic rings. The number of amides is 3. The summed E-state index contributed by atoms with van der Waals surface area (Å²) >= 11 is 0. The number of anilines is 2. The molecule has 0 radical (unpaired) electrons. The first-order chi connectivity index (χ1) is 16.6. The molecule has 2 aliphatic rings. The second-order valence-electron chi connectivity index (χ2n) is 10.4. The van der Waals surface area contributed by atoms with E-state index < -0.39 is 17.6 Å². The molecular formula is C27H34N4O4. The van der Waals surface area contributed by atoms with Gasteiger partial charge in [-0.05, 0) is 87.9 Å². The number of hydrogen-bond acceptors (Lipinski definition) is 5. The number of hydrogen-bond donors (Lipinski definition) is 2. The molecule has 1 heterocycles. The first kappa shape index (κ1) is 24.7. The number of nitrogens with zero attached hydrogens (tertiary/aromatic N) is 2. The van der Waals surface area contributed by atoms with Crippen LogP contribution in [0.15, 0.2) is 48.5 Å². The largest absolute Gasteiger partial charge is 0.456 e. The Morgan fingerprint density at radius 2 is 1.71 bits per heavy atom. The monoisotopic (exact) mass is 478 g/mol. The van der Waals surface area contributed by atoms with Gasteiger partial charge in [0.05, 0.1) is 11.6 Å². The number of benzene rings is 2. The fourth-order valence-electron chi connectivity index (χ4n) is 4.02. The lowest BCUT2D eigenvalue weighted by Gasteiger charge is -2.19. The van der Waals surface area contributed by atoms with Crippen molar-refractivity contribution in [3.05, 3.63) is 59.7 Å². The van der Waals surface area contributed by atoms with Crippen LogP contribution in [-0.4, -0.2) is 54.1 Å². The van der Waals surface area contributed by atoms with Crippen LogP contribution in [0.3, 0.4) is 0 Å². The summed E-state index contributed by atoms with van der Waals surface area (Å²) in [6.45, 7) is 7.75. The van der Waals surface area contributed by atoms with E-state index in [0.29, 0.717) is 30.1 Å². The van der Waals surface area contributed by atoms with Crippen LogP contribution in [0.1, 0.15) is 49.5 Å². The molecule has 1 saturated heterocycles. The molecule has 0 spiro atoms. The number of urea groups is 1. The third-order valence-corrected chi connectivity index (χ3v) is 6.10. The number of nitrogens with two attached hydrogens (primary N) is 1. The molecule has 0 unspecified atom stereocenters. The molecule has 0 bridgehead atoms. The minimum Gasteiger partial charge on any atom is -0.456 e. The number of carbonyl (C=O) groups excluding carboxylic acids is 3. The van der Waals surface area contributed by atoms with E-state index >= 15 is 0 Å². The Kier molecular flexibility index (Phi) is 7.12. The second-order valence-corrected chi connectivity index (χ2v) is 10.4. The highest BCUT2D eigenvalue weighted by atomic mass is 16.6. The van der Waals surface area contributed by atoms with Crippen molar-refractivity contribution in [1.82, 2.24) is 4.90 Å². The van der Waals surface area contributed by atoms with Crippen LogP contribution >= 0.6 is 0 Å². The highest BCUT2D eigenvalue weighted by Gasteiger charge is 2.34. The number of rotatable bonds is 8. The van der Waals surface area contributed by atoms with E-state index in [1.807, 2.05) is 49.9 Å². The van der Waals surface area contributed by atoms with Crippen molar-refractivity contribution in [3.8, 4) is 0 Å². The van der Waals surface area contributed by atoms with Crippen LogP contribution in [0.2, 0.25) is 0 Å². The molecule has 1 aliphatic heterocycles. The van der Waals surface area contributed by atoms with Gasteiger partial charge in [0.1, 0.15) is 5.60 Å². The number of carbonyl (C=O) groups is 3. The van der Waals surface area contributed by atoms with E-state index in [9.17, 15) is 14.4 Å². The predicted octanol–water partition coefficient (Wildman–Crippen LogP) is 3.80. The molecule has 2 aromatic carbocycles. The maximum absolute atomic E-state index is 12.7. The number of nitrogens with one attached hydrogen (secondary N) is 1. The predicted molar refractivity (Wildman–Crippen MR) is 135 cm³/mol. The zero-order valence-electron chi connectivity index (χ0n) is 20.6. The number of ether oxygens (including phenoxy) is 1. The Balaban J connectivity index is 1.28. The topological polar surface area (TPSA) is 105 Å². The normalized spacial score (nSPS) is 16.9. The van der Waals surface area contributed by atoms with E-state index in [1.54, 1.807) is 29.2 Å². The first-order valence-corrected chi connectivity index (χ1v) is 12.1. The van der Waals surface area contributed by atoms with Crippen molar-refractivity contribution in [2.24, 2.45) is 11.7 Å². The molecular weight excluding hydrogens is 444 g/mol. The summed E-state index contributed by atoms with van der Waals surface area (Å²) in [5.41, 5.74) is 8.31. The SMILES string of the molecule is CC(C)(C)OC(=O)c1ccc(NC(=O)[C@@H](N)Cc2ccc(N3CCN(CC4CC4)C3=O)cc2)cc1. The van der Waals surface area contributed by atoms with E-state index in [-0.39, 0.29) is 11.9 Å². The standard InChI is InChI=1S/C27H34N4O4/c1-27(2,3)35-25(33)20-8-10-21(11-9-20)29-24(32)23(28)16-18-6-12-22(13-7-18)31-15-14-30(26(31)34)17-19-4-5-19/h6-13,19,23H,4-5,14-17,28H2,1-3H3,(H,29,32)/t23-/m0/s1. The van der Waals surface area contributed by atoms with Crippen molar-refractivity contribution >= 4 is 29.3 Å². The minimum absolute atomic E-state index is 0.0680. The summed E-state index contributed by atoms with van der Waals surface area (Å²) < 4.78 is 5.35. The minimum atomic E-state index is -0.742. The Bertz CT molecular complexity index is 1070. The summed E-state index contributed by atoms with van der Waals surface area (Å²) in [6.07, 6.45) is 2.82. The smallest absolute Gasteiger partial charge is 0.338 e. The lowest BCUT2D eigenvalue weighted by molar-refractivity contribution is -0.117. The molecule has 3 N–H and O–H groups in total. The maximum Gasteiger partial charge on any atom is 0.338 e. The number of esters is 1. The Morgan fingerprint density at radius 3 is 2.31 bits per heavy atom. The van der Waals surface area contributed by atoms with Crippen LogP contribution in [0, 0.1) is 5.92 Å². The van der Waals surface area contributed by atoms with Crippen LogP contribution in [0.4, 0.5) is 16.2 Å². The van der Waals surface area contributed by atoms with Gasteiger partial charge in [-0.2, -0.15) is 0 Å². The molecule has 0 aromatic heterocycles. The van der Waals surface area contributed by atoms with Gasteiger partial charge in [-0.1, -0.05) is 12.1 Å². The fraction of sp³-hybridized carbons (Fsp3) is 0.444. The quantitative estimate of drug-likeness (QED) is 0.562. The molecule has 8 nitrogen and oxygen atoms in total. The van der Waals surface area contributed by atoms with Crippen LogP contribution in [0.5, 0.6) is 0 Å². The second kappa shape index (κ2) is 10.1. The Labute approximate surface area is 206 Å². The van der Waals surface area contributed by atoms with Crippen molar-refractivity contribution in [2.75, 3.05) is 29.9 Å². The van der Waals surface area contributed by atoms with Crippen molar-refractivity contribution < 1.29 is 19.1 Å².